The molecule has 1 aromatic rings. The van der Waals surface area contributed by atoms with Gasteiger partial charge in [0.25, 0.3) is 0 Å². The molecule has 1 fully saturated rings. The van der Waals surface area contributed by atoms with E-state index in [1.807, 2.05) is 6.92 Å². The summed E-state index contributed by atoms with van der Waals surface area (Å²) in [6, 6.07) is 8.54. The van der Waals surface area contributed by atoms with Crippen LogP contribution in [0.1, 0.15) is 37.3 Å². The highest BCUT2D eigenvalue weighted by Crippen LogP contribution is 2.25. The largest absolute Gasteiger partial charge is 0.299 e. The second kappa shape index (κ2) is 5.68. The summed E-state index contributed by atoms with van der Waals surface area (Å²) in [5.41, 5.74) is 2.55. The summed E-state index contributed by atoms with van der Waals surface area (Å²) in [6.07, 6.45) is 4.75. The van der Waals surface area contributed by atoms with Crippen LogP contribution in [0.5, 0.6) is 0 Å². The Balaban J connectivity index is 1.95. The molecule has 2 atom stereocenters. The number of halogens is 1. The van der Waals surface area contributed by atoms with Gasteiger partial charge in [0.05, 0.1) is 0 Å². The first-order valence-electron chi connectivity index (χ1n) is 6.40. The minimum absolute atomic E-state index is 0.178. The summed E-state index contributed by atoms with van der Waals surface area (Å²) in [4.78, 5) is 11.6. The van der Waals surface area contributed by atoms with Crippen molar-refractivity contribution in [1.29, 1.82) is 0 Å². The summed E-state index contributed by atoms with van der Waals surface area (Å²) < 4.78 is 0. The molecule has 0 heterocycles. The van der Waals surface area contributed by atoms with Crippen molar-refractivity contribution in [1.82, 2.24) is 0 Å². The molecular weight excluding hydrogens is 232 g/mol. The fraction of sp³-hybridized carbons (Fsp3) is 0.533. The van der Waals surface area contributed by atoms with Gasteiger partial charge in [0, 0.05) is 17.7 Å². The van der Waals surface area contributed by atoms with Crippen LogP contribution in [0.2, 0.25) is 0 Å². The topological polar surface area (TPSA) is 17.1 Å². The van der Waals surface area contributed by atoms with Gasteiger partial charge in [-0.25, -0.2) is 0 Å². The van der Waals surface area contributed by atoms with Crippen LogP contribution in [0.3, 0.4) is 0 Å². The Bertz CT molecular complexity index is 380. The number of carbonyl (C=O) groups is 1. The number of hydrogen-bond acceptors (Lipinski definition) is 1. The van der Waals surface area contributed by atoms with Crippen molar-refractivity contribution >= 4 is 17.4 Å². The summed E-state index contributed by atoms with van der Waals surface area (Å²) in [5.74, 6) is 0.719. The quantitative estimate of drug-likeness (QED) is 0.744. The van der Waals surface area contributed by atoms with Gasteiger partial charge in [0.2, 0.25) is 0 Å². The fourth-order valence-corrected chi connectivity index (χ4v) is 2.70. The highest BCUT2D eigenvalue weighted by Gasteiger charge is 2.24. The summed E-state index contributed by atoms with van der Waals surface area (Å²) >= 11 is 5.96. The Morgan fingerprint density at radius 1 is 1.29 bits per heavy atom. The number of rotatable bonds is 4. The van der Waals surface area contributed by atoms with E-state index in [2.05, 4.69) is 24.3 Å². The monoisotopic (exact) mass is 250 g/mol. The number of alkyl halides is 1. The number of ketones is 1. The zero-order chi connectivity index (χ0) is 12.3. The number of Topliss-reactive ketones (excluding diaryl/α,β-unsaturated/α-hetero) is 1. The molecule has 17 heavy (non-hydrogen) atoms. The third kappa shape index (κ3) is 3.57. The Labute approximate surface area is 108 Å². The van der Waals surface area contributed by atoms with E-state index < -0.39 is 0 Å². The van der Waals surface area contributed by atoms with Crippen molar-refractivity contribution < 1.29 is 4.79 Å². The van der Waals surface area contributed by atoms with E-state index in [1.54, 1.807) is 0 Å². The van der Waals surface area contributed by atoms with Crippen molar-refractivity contribution in [3.05, 3.63) is 35.4 Å². The lowest BCUT2D eigenvalue weighted by atomic mass is 9.96. The normalized spacial score (nSPS) is 21.8. The van der Waals surface area contributed by atoms with Gasteiger partial charge in [-0.1, -0.05) is 24.3 Å². The van der Waals surface area contributed by atoms with E-state index in [4.69, 9.17) is 11.6 Å². The molecule has 0 aliphatic heterocycles. The summed E-state index contributed by atoms with van der Waals surface area (Å²) in [6.45, 7) is 2.01. The smallest absolute Gasteiger partial charge is 0.136 e. The molecule has 1 aliphatic rings. The van der Waals surface area contributed by atoms with Gasteiger partial charge >= 0.3 is 0 Å². The highest BCUT2D eigenvalue weighted by atomic mass is 35.5. The minimum atomic E-state index is 0.178. The lowest BCUT2D eigenvalue weighted by Gasteiger charge is -2.09. The molecule has 2 unspecified atom stereocenters. The first-order valence-corrected chi connectivity index (χ1v) is 6.83. The predicted octanol–water partition coefficient (Wildman–Crippen LogP) is 3.77. The van der Waals surface area contributed by atoms with Gasteiger partial charge in [0.15, 0.2) is 0 Å². The molecule has 0 amide bonds. The molecule has 0 radical (unpaired) electrons. The molecule has 2 heteroatoms. The third-order valence-electron chi connectivity index (χ3n) is 3.45. The Kier molecular flexibility index (Phi) is 4.22. The first-order chi connectivity index (χ1) is 8.15. The zero-order valence-electron chi connectivity index (χ0n) is 10.3. The van der Waals surface area contributed by atoms with Crippen LogP contribution in [0.4, 0.5) is 0 Å². The van der Waals surface area contributed by atoms with Gasteiger partial charge in [-0.05, 0) is 43.7 Å². The molecule has 0 saturated heterocycles. The molecule has 2 rings (SSSR count). The van der Waals surface area contributed by atoms with Crippen LogP contribution in [0.25, 0.3) is 0 Å². The number of carbonyl (C=O) groups excluding carboxylic acids is 1. The van der Waals surface area contributed by atoms with E-state index >= 15 is 0 Å². The van der Waals surface area contributed by atoms with Gasteiger partial charge < -0.3 is 0 Å². The highest BCUT2D eigenvalue weighted by molar-refractivity contribution is 6.20. The second-order valence-electron chi connectivity index (χ2n) is 5.06. The Hall–Kier alpha value is -0.820. The number of benzene rings is 1. The molecule has 0 N–H and O–H groups in total. The second-order valence-corrected chi connectivity index (χ2v) is 5.81. The van der Waals surface area contributed by atoms with Crippen LogP contribution in [0, 0.1) is 5.92 Å². The van der Waals surface area contributed by atoms with Crippen molar-refractivity contribution in [2.24, 2.45) is 5.92 Å². The third-order valence-corrected chi connectivity index (χ3v) is 3.61. The summed E-state index contributed by atoms with van der Waals surface area (Å²) in [5, 5.41) is 0.178. The van der Waals surface area contributed by atoms with E-state index in [-0.39, 0.29) is 11.3 Å². The van der Waals surface area contributed by atoms with Crippen LogP contribution in [-0.2, 0) is 17.6 Å². The Morgan fingerprint density at radius 2 is 1.94 bits per heavy atom. The average molecular weight is 251 g/mol. The lowest BCUT2D eigenvalue weighted by molar-refractivity contribution is -0.120. The molecule has 1 nitrogen and oxygen atoms in total. The molecule has 0 spiro atoms. The van der Waals surface area contributed by atoms with Crippen molar-refractivity contribution in [2.45, 2.75) is 44.4 Å². The maximum Gasteiger partial charge on any atom is 0.136 e. The van der Waals surface area contributed by atoms with Gasteiger partial charge in [-0.15, -0.1) is 11.6 Å². The zero-order valence-corrected chi connectivity index (χ0v) is 11.0. The van der Waals surface area contributed by atoms with Crippen LogP contribution in [-0.4, -0.2) is 11.2 Å². The predicted molar refractivity (Wildman–Crippen MR) is 71.5 cm³/mol. The van der Waals surface area contributed by atoms with E-state index in [1.165, 1.54) is 11.1 Å². The van der Waals surface area contributed by atoms with Crippen LogP contribution >= 0.6 is 11.6 Å². The first kappa shape index (κ1) is 12.6. The van der Waals surface area contributed by atoms with Gasteiger partial charge in [-0.3, -0.25) is 4.79 Å². The van der Waals surface area contributed by atoms with Crippen LogP contribution in [0.15, 0.2) is 24.3 Å². The van der Waals surface area contributed by atoms with Crippen molar-refractivity contribution in [3.8, 4) is 0 Å². The van der Waals surface area contributed by atoms with Crippen LogP contribution < -0.4 is 0 Å². The maximum atomic E-state index is 11.6. The Morgan fingerprint density at radius 3 is 2.47 bits per heavy atom. The van der Waals surface area contributed by atoms with Crippen molar-refractivity contribution in [3.63, 3.8) is 0 Å². The molecular formula is C15H19ClO. The lowest BCUT2D eigenvalue weighted by Crippen LogP contribution is -2.09. The molecule has 1 aliphatic carbocycles. The molecule has 0 aromatic heterocycles. The van der Waals surface area contributed by atoms with E-state index in [0.29, 0.717) is 5.78 Å². The van der Waals surface area contributed by atoms with E-state index in [0.717, 1.165) is 32.1 Å². The molecule has 1 aromatic carbocycles. The fourth-order valence-electron chi connectivity index (χ4n) is 2.52. The van der Waals surface area contributed by atoms with E-state index in [9.17, 15) is 4.79 Å². The molecule has 0 bridgehead atoms. The maximum absolute atomic E-state index is 11.6. The van der Waals surface area contributed by atoms with Crippen molar-refractivity contribution in [2.75, 3.05) is 0 Å². The minimum Gasteiger partial charge on any atom is -0.299 e. The molecule has 1 saturated carbocycles. The number of hydrogen-bond donors (Lipinski definition) is 0. The standard InChI is InChI=1S/C15H19ClO/c1-11(16)9-12-5-7-13(8-6-12)10-14-3-2-4-15(14)17/h5-8,11,14H,2-4,9-10H2,1H3. The SMILES string of the molecule is CC(Cl)Cc1ccc(CC2CCCC2=O)cc1. The van der Waals surface area contributed by atoms with Gasteiger partial charge in [0.1, 0.15) is 5.78 Å². The van der Waals surface area contributed by atoms with Gasteiger partial charge in [-0.2, -0.15) is 0 Å². The average Bonchev–Trinajstić information content (AvgIpc) is 2.67. The molecule has 92 valence electrons. The summed E-state index contributed by atoms with van der Waals surface area (Å²) in [7, 11) is 0.